The highest BCUT2D eigenvalue weighted by Gasteiger charge is 2.32. The molecule has 2 N–H and O–H groups in total. The van der Waals surface area contributed by atoms with Crippen LogP contribution in [0.1, 0.15) is 23.7 Å². The van der Waals surface area contributed by atoms with Gasteiger partial charge in [0.15, 0.2) is 0 Å². The highest BCUT2D eigenvalue weighted by atomic mass is 16.1. The van der Waals surface area contributed by atoms with Gasteiger partial charge >= 0.3 is 0 Å². The minimum absolute atomic E-state index is 0.0283. The molecule has 1 aliphatic carbocycles. The summed E-state index contributed by atoms with van der Waals surface area (Å²) in [6.45, 7) is 3.03. The number of carbonyl (C=O) groups is 1. The number of hydrogen-bond acceptors (Lipinski definition) is 1. The van der Waals surface area contributed by atoms with Gasteiger partial charge in [-0.1, -0.05) is 13.0 Å². The second-order valence-electron chi connectivity index (χ2n) is 4.96. The van der Waals surface area contributed by atoms with Crippen molar-refractivity contribution in [1.29, 1.82) is 0 Å². The van der Waals surface area contributed by atoms with E-state index in [2.05, 4.69) is 17.2 Å². The van der Waals surface area contributed by atoms with Crippen molar-refractivity contribution in [3.63, 3.8) is 0 Å². The molecule has 3 heteroatoms. The van der Waals surface area contributed by atoms with Crippen molar-refractivity contribution in [3.8, 4) is 0 Å². The van der Waals surface area contributed by atoms with E-state index in [1.165, 1.54) is 6.42 Å². The number of aromatic amines is 1. The molecule has 0 radical (unpaired) electrons. The Morgan fingerprint density at radius 2 is 2.29 bits per heavy atom. The van der Waals surface area contributed by atoms with Crippen molar-refractivity contribution in [2.24, 2.45) is 11.8 Å². The Bertz CT molecular complexity index is 558. The number of fused-ring (bicyclic) bond motifs is 1. The molecule has 1 fully saturated rings. The lowest BCUT2D eigenvalue weighted by Crippen LogP contribution is -2.25. The zero-order chi connectivity index (χ0) is 11.8. The van der Waals surface area contributed by atoms with E-state index in [4.69, 9.17) is 0 Å². The van der Waals surface area contributed by atoms with Crippen LogP contribution in [0.25, 0.3) is 10.9 Å². The van der Waals surface area contributed by atoms with Crippen LogP contribution >= 0.6 is 0 Å². The predicted molar refractivity (Wildman–Crippen MR) is 67.9 cm³/mol. The van der Waals surface area contributed by atoms with Crippen molar-refractivity contribution < 1.29 is 4.79 Å². The molecule has 1 aromatic carbocycles. The molecule has 3 nitrogen and oxygen atoms in total. The van der Waals surface area contributed by atoms with Gasteiger partial charge < -0.3 is 10.3 Å². The van der Waals surface area contributed by atoms with Crippen LogP contribution in [0.15, 0.2) is 30.5 Å². The summed E-state index contributed by atoms with van der Waals surface area (Å²) in [5.41, 5.74) is 1.74. The third-order valence-corrected chi connectivity index (χ3v) is 3.62. The maximum Gasteiger partial charge on any atom is 0.251 e. The van der Waals surface area contributed by atoms with Gasteiger partial charge in [-0.3, -0.25) is 4.79 Å². The molecule has 1 amide bonds. The second kappa shape index (κ2) is 3.91. The summed E-state index contributed by atoms with van der Waals surface area (Å²) in [6, 6.07) is 7.76. The average molecular weight is 228 g/mol. The lowest BCUT2D eigenvalue weighted by atomic mass is 10.1. The molecule has 17 heavy (non-hydrogen) atoms. The first-order valence-corrected chi connectivity index (χ1v) is 6.09. The smallest absolute Gasteiger partial charge is 0.251 e. The number of hydrogen-bond donors (Lipinski definition) is 2. The molecule has 2 aromatic rings. The average Bonchev–Trinajstić information content (AvgIpc) is 2.86. The van der Waals surface area contributed by atoms with Gasteiger partial charge in [-0.05, 0) is 41.8 Å². The Morgan fingerprint density at radius 1 is 1.47 bits per heavy atom. The van der Waals surface area contributed by atoms with E-state index in [0.717, 1.165) is 28.9 Å². The Morgan fingerprint density at radius 3 is 3.06 bits per heavy atom. The molecule has 88 valence electrons. The largest absolute Gasteiger partial charge is 0.361 e. The van der Waals surface area contributed by atoms with Crippen molar-refractivity contribution in [2.75, 3.05) is 6.54 Å². The highest BCUT2D eigenvalue weighted by Crippen LogP contribution is 2.36. The van der Waals surface area contributed by atoms with Crippen LogP contribution in [0, 0.1) is 11.8 Å². The first-order chi connectivity index (χ1) is 8.24. The van der Waals surface area contributed by atoms with E-state index in [1.807, 2.05) is 30.5 Å². The van der Waals surface area contributed by atoms with Crippen molar-refractivity contribution in [3.05, 3.63) is 36.0 Å². The van der Waals surface area contributed by atoms with Gasteiger partial charge in [0.05, 0.1) is 0 Å². The fourth-order valence-corrected chi connectivity index (χ4v) is 2.20. The van der Waals surface area contributed by atoms with Gasteiger partial charge in [0.25, 0.3) is 5.91 Å². The Hall–Kier alpha value is -1.77. The first kappa shape index (κ1) is 10.4. The maximum absolute atomic E-state index is 11.9. The van der Waals surface area contributed by atoms with Crippen LogP contribution in [0.2, 0.25) is 0 Å². The number of rotatable bonds is 3. The van der Waals surface area contributed by atoms with E-state index in [1.54, 1.807) is 0 Å². The Kier molecular flexibility index (Phi) is 2.39. The van der Waals surface area contributed by atoms with E-state index in [9.17, 15) is 4.79 Å². The van der Waals surface area contributed by atoms with Crippen molar-refractivity contribution in [2.45, 2.75) is 13.3 Å². The van der Waals surface area contributed by atoms with Crippen LogP contribution in [0.3, 0.4) is 0 Å². The second-order valence-corrected chi connectivity index (χ2v) is 4.96. The van der Waals surface area contributed by atoms with Gasteiger partial charge in [-0.25, -0.2) is 0 Å². The number of benzene rings is 1. The monoisotopic (exact) mass is 228 g/mol. The van der Waals surface area contributed by atoms with Gasteiger partial charge in [0.2, 0.25) is 0 Å². The summed E-state index contributed by atoms with van der Waals surface area (Å²) < 4.78 is 0. The van der Waals surface area contributed by atoms with Crippen LogP contribution in [0.4, 0.5) is 0 Å². The summed E-state index contributed by atoms with van der Waals surface area (Å²) in [5.74, 6) is 1.50. The van der Waals surface area contributed by atoms with Gasteiger partial charge in [-0.15, -0.1) is 0 Å². The number of nitrogens with one attached hydrogen (secondary N) is 2. The topological polar surface area (TPSA) is 44.9 Å². The molecule has 1 saturated carbocycles. The van der Waals surface area contributed by atoms with Gasteiger partial charge in [-0.2, -0.15) is 0 Å². The summed E-state index contributed by atoms with van der Waals surface area (Å²) in [6.07, 6.45) is 3.13. The number of H-pyrrole nitrogens is 1. The Labute approximate surface area is 100 Å². The summed E-state index contributed by atoms with van der Waals surface area (Å²) in [4.78, 5) is 15.0. The molecule has 1 aromatic heterocycles. The molecule has 3 rings (SSSR count). The van der Waals surface area contributed by atoms with Gasteiger partial charge in [0, 0.05) is 23.8 Å². The molecule has 0 bridgehead atoms. The minimum atomic E-state index is 0.0283. The van der Waals surface area contributed by atoms with Crippen molar-refractivity contribution in [1.82, 2.24) is 10.3 Å². The highest BCUT2D eigenvalue weighted by molar-refractivity contribution is 5.97. The van der Waals surface area contributed by atoms with Crippen LogP contribution in [-0.2, 0) is 0 Å². The lowest BCUT2D eigenvalue weighted by molar-refractivity contribution is 0.0951. The fourth-order valence-electron chi connectivity index (χ4n) is 2.20. The quantitative estimate of drug-likeness (QED) is 0.833. The third-order valence-electron chi connectivity index (χ3n) is 3.62. The van der Waals surface area contributed by atoms with Crippen LogP contribution < -0.4 is 5.32 Å². The number of carbonyl (C=O) groups excluding carboxylic acids is 1. The molecule has 0 aliphatic heterocycles. The third kappa shape index (κ3) is 2.05. The standard InChI is InChI=1S/C14H16N2O/c1-9-6-12(9)8-16-14(17)11-3-2-10-4-5-15-13(10)7-11/h2-5,7,9,12,15H,6,8H2,1H3,(H,16,17). The molecule has 2 atom stereocenters. The van der Waals surface area contributed by atoms with Crippen LogP contribution in [0.5, 0.6) is 0 Å². The minimum Gasteiger partial charge on any atom is -0.361 e. The summed E-state index contributed by atoms with van der Waals surface area (Å²) in [7, 11) is 0. The predicted octanol–water partition coefficient (Wildman–Crippen LogP) is 2.55. The molecule has 0 saturated heterocycles. The van der Waals surface area contributed by atoms with Gasteiger partial charge in [0.1, 0.15) is 0 Å². The summed E-state index contributed by atoms with van der Waals surface area (Å²) >= 11 is 0. The number of aromatic nitrogens is 1. The summed E-state index contributed by atoms with van der Waals surface area (Å²) in [5, 5.41) is 4.13. The molecule has 2 unspecified atom stereocenters. The SMILES string of the molecule is CC1CC1CNC(=O)c1ccc2cc[nH]c2c1. The zero-order valence-corrected chi connectivity index (χ0v) is 9.86. The van der Waals surface area contributed by atoms with Crippen molar-refractivity contribution >= 4 is 16.8 Å². The van der Waals surface area contributed by atoms with E-state index < -0.39 is 0 Å². The molecule has 1 aliphatic rings. The maximum atomic E-state index is 11.9. The first-order valence-electron chi connectivity index (χ1n) is 6.09. The zero-order valence-electron chi connectivity index (χ0n) is 9.86. The normalized spacial score (nSPS) is 22.6. The van der Waals surface area contributed by atoms with E-state index >= 15 is 0 Å². The van der Waals surface area contributed by atoms with Crippen LogP contribution in [-0.4, -0.2) is 17.4 Å². The number of amides is 1. The molecule has 0 spiro atoms. The lowest BCUT2D eigenvalue weighted by Gasteiger charge is -2.04. The molecule has 1 heterocycles. The van der Waals surface area contributed by atoms with E-state index in [0.29, 0.717) is 5.92 Å². The molecular weight excluding hydrogens is 212 g/mol. The fraction of sp³-hybridized carbons (Fsp3) is 0.357. The van der Waals surface area contributed by atoms with E-state index in [-0.39, 0.29) is 5.91 Å². The Balaban J connectivity index is 1.71. The molecular formula is C14H16N2O.